The molecule has 2 aromatic carbocycles. The van der Waals surface area contributed by atoms with Crippen LogP contribution in [0.5, 0.6) is 5.75 Å². The number of nitrogens with zero attached hydrogens (tertiary/aromatic N) is 3. The Hall–Kier alpha value is -3.84. The molecule has 0 radical (unpaired) electrons. The number of carboxylic acids is 1. The van der Waals surface area contributed by atoms with Crippen molar-refractivity contribution >= 4 is 33.2 Å². The molecule has 0 aliphatic carbocycles. The van der Waals surface area contributed by atoms with Gasteiger partial charge in [0.15, 0.2) is 9.84 Å². The van der Waals surface area contributed by atoms with Crippen molar-refractivity contribution in [3.8, 4) is 5.75 Å². The number of carbonyl (C=O) groups excluding carboxylic acids is 1. The van der Waals surface area contributed by atoms with Gasteiger partial charge in [0, 0.05) is 24.4 Å². The van der Waals surface area contributed by atoms with E-state index in [9.17, 15) is 33.2 Å². The van der Waals surface area contributed by atoms with Crippen LogP contribution in [0, 0.1) is 16.0 Å². The van der Waals surface area contributed by atoms with Crippen LogP contribution in [0.4, 0.5) is 10.5 Å². The van der Waals surface area contributed by atoms with Crippen LogP contribution in [0.1, 0.15) is 24.9 Å². The number of carbonyl (C=O) groups is 2. The first-order valence-corrected chi connectivity index (χ1v) is 12.6. The van der Waals surface area contributed by atoms with Crippen LogP contribution in [-0.2, 0) is 14.6 Å². The zero-order chi connectivity index (χ0) is 26.5. The number of carboxylic acid groups (broad SMARTS) is 1. The number of hydrogen-bond donors (Lipinski definition) is 2. The van der Waals surface area contributed by atoms with Gasteiger partial charge in [-0.1, -0.05) is 12.1 Å². The molecule has 1 aliphatic rings. The van der Waals surface area contributed by atoms with Crippen molar-refractivity contribution < 1.29 is 32.8 Å². The number of urea groups is 1. The number of nitro benzene ring substituents is 1. The van der Waals surface area contributed by atoms with Crippen molar-refractivity contribution in [2.45, 2.75) is 24.3 Å². The van der Waals surface area contributed by atoms with Gasteiger partial charge in [-0.2, -0.15) is 0 Å². The lowest BCUT2D eigenvalue weighted by Gasteiger charge is -2.37. The minimum Gasteiger partial charge on any atom is -0.497 e. The topological polar surface area (TPSA) is 169 Å². The lowest BCUT2D eigenvalue weighted by molar-refractivity contribution is -0.385. The maximum Gasteiger partial charge on any atom is 0.344 e. The summed E-state index contributed by atoms with van der Waals surface area (Å²) in [7, 11) is -2.13. The highest BCUT2D eigenvalue weighted by atomic mass is 32.2. The second-order valence-electron chi connectivity index (χ2n) is 8.13. The summed E-state index contributed by atoms with van der Waals surface area (Å²) in [5.41, 5.74) is 0.174. The fraction of sp³-hybridized carbons (Fsp3) is 0.348. The van der Waals surface area contributed by atoms with Crippen molar-refractivity contribution in [3.05, 3.63) is 64.2 Å². The molecular weight excluding hydrogens is 492 g/mol. The van der Waals surface area contributed by atoms with Gasteiger partial charge in [-0.25, -0.2) is 18.2 Å². The SMILES string of the molecule is COc1ccc(S(=O)(=O)CNCCCN2C(=O)N=C(C)C(C(=O)O)C2c2cccc([N+](=O)[O-])c2)cc1. The highest BCUT2D eigenvalue weighted by Crippen LogP contribution is 2.35. The molecule has 0 fully saturated rings. The number of rotatable bonds is 11. The molecule has 2 aromatic rings. The number of nitrogens with one attached hydrogen (secondary N) is 1. The normalized spacial score (nSPS) is 18.0. The molecule has 3 rings (SSSR count). The van der Waals surface area contributed by atoms with E-state index in [0.717, 1.165) is 0 Å². The number of non-ortho nitro benzene ring substituents is 1. The average Bonchev–Trinajstić information content (AvgIpc) is 2.84. The molecule has 192 valence electrons. The first kappa shape index (κ1) is 26.8. The first-order valence-electron chi connectivity index (χ1n) is 11.0. The third-order valence-corrected chi connectivity index (χ3v) is 7.35. The number of nitro groups is 1. The van der Waals surface area contributed by atoms with Crippen molar-refractivity contribution in [2.75, 3.05) is 26.1 Å². The molecule has 0 saturated carbocycles. The quantitative estimate of drug-likeness (QED) is 0.258. The summed E-state index contributed by atoms with van der Waals surface area (Å²) in [5.74, 6) is -2.21. The minimum atomic E-state index is -3.61. The van der Waals surface area contributed by atoms with Crippen LogP contribution in [0.3, 0.4) is 0 Å². The van der Waals surface area contributed by atoms with E-state index in [1.165, 1.54) is 55.3 Å². The van der Waals surface area contributed by atoms with Crippen LogP contribution in [-0.4, -0.2) is 67.1 Å². The molecule has 0 saturated heterocycles. The van der Waals surface area contributed by atoms with E-state index in [1.807, 2.05) is 0 Å². The van der Waals surface area contributed by atoms with Gasteiger partial charge in [0.05, 0.1) is 23.0 Å². The highest BCUT2D eigenvalue weighted by molar-refractivity contribution is 7.91. The molecule has 2 atom stereocenters. The summed E-state index contributed by atoms with van der Waals surface area (Å²) in [6.45, 7) is 1.70. The molecule has 13 heteroatoms. The molecule has 0 spiro atoms. The molecular formula is C23H26N4O8S. The van der Waals surface area contributed by atoms with Crippen LogP contribution >= 0.6 is 0 Å². The number of hydrogen-bond acceptors (Lipinski definition) is 8. The summed E-state index contributed by atoms with van der Waals surface area (Å²) in [6.07, 6.45) is 0.288. The Morgan fingerprint density at radius 3 is 2.56 bits per heavy atom. The molecule has 1 aliphatic heterocycles. The lowest BCUT2D eigenvalue weighted by atomic mass is 9.86. The van der Waals surface area contributed by atoms with Crippen LogP contribution in [0.15, 0.2) is 58.4 Å². The molecule has 12 nitrogen and oxygen atoms in total. The molecule has 2 amide bonds. The third kappa shape index (κ3) is 6.04. The van der Waals surface area contributed by atoms with Gasteiger partial charge in [-0.3, -0.25) is 14.9 Å². The van der Waals surface area contributed by atoms with E-state index in [2.05, 4.69) is 10.3 Å². The summed E-state index contributed by atoms with van der Waals surface area (Å²) in [5, 5.41) is 23.9. The maximum atomic E-state index is 12.7. The van der Waals surface area contributed by atoms with Gasteiger partial charge < -0.3 is 20.1 Å². The second kappa shape index (κ2) is 11.3. The zero-order valence-corrected chi connectivity index (χ0v) is 20.5. The Morgan fingerprint density at radius 1 is 1.25 bits per heavy atom. The van der Waals surface area contributed by atoms with Crippen LogP contribution in [0.2, 0.25) is 0 Å². The zero-order valence-electron chi connectivity index (χ0n) is 19.7. The van der Waals surface area contributed by atoms with Crippen molar-refractivity contribution in [2.24, 2.45) is 10.9 Å². The average molecular weight is 519 g/mol. The van der Waals surface area contributed by atoms with E-state index in [0.29, 0.717) is 11.3 Å². The predicted octanol–water partition coefficient (Wildman–Crippen LogP) is 2.65. The highest BCUT2D eigenvalue weighted by Gasteiger charge is 2.42. The Kier molecular flexibility index (Phi) is 8.37. The molecule has 2 N–H and O–H groups in total. The van der Waals surface area contributed by atoms with Gasteiger partial charge in [0.2, 0.25) is 0 Å². The minimum absolute atomic E-state index is 0.0579. The van der Waals surface area contributed by atoms with Crippen LogP contribution < -0.4 is 10.1 Å². The lowest BCUT2D eigenvalue weighted by Crippen LogP contribution is -2.47. The van der Waals surface area contributed by atoms with E-state index >= 15 is 0 Å². The number of aliphatic carboxylic acids is 1. The summed E-state index contributed by atoms with van der Waals surface area (Å²) < 4.78 is 30.1. The Bertz CT molecular complexity index is 1280. The van der Waals surface area contributed by atoms with E-state index in [4.69, 9.17) is 4.74 Å². The van der Waals surface area contributed by atoms with Gasteiger partial charge in [-0.05, 0) is 49.7 Å². The van der Waals surface area contributed by atoms with Crippen LogP contribution in [0.25, 0.3) is 0 Å². The van der Waals surface area contributed by atoms with E-state index < -0.39 is 38.7 Å². The Labute approximate surface area is 207 Å². The number of aliphatic imine (C=N–C) groups is 1. The number of sulfone groups is 1. The summed E-state index contributed by atoms with van der Waals surface area (Å²) in [4.78, 5) is 40.6. The monoisotopic (exact) mass is 518 g/mol. The molecule has 36 heavy (non-hydrogen) atoms. The second-order valence-corrected chi connectivity index (χ2v) is 10.1. The largest absolute Gasteiger partial charge is 0.497 e. The third-order valence-electron chi connectivity index (χ3n) is 5.77. The maximum absolute atomic E-state index is 12.7. The first-order chi connectivity index (χ1) is 17.0. The number of ether oxygens (including phenoxy) is 1. The fourth-order valence-corrected chi connectivity index (χ4v) is 5.13. The van der Waals surface area contributed by atoms with Gasteiger partial charge in [0.25, 0.3) is 5.69 Å². The predicted molar refractivity (Wildman–Crippen MR) is 130 cm³/mol. The molecule has 0 bridgehead atoms. The van der Waals surface area contributed by atoms with Crippen molar-refractivity contribution in [1.29, 1.82) is 0 Å². The van der Waals surface area contributed by atoms with Crippen molar-refractivity contribution in [3.63, 3.8) is 0 Å². The molecule has 2 unspecified atom stereocenters. The Balaban J connectivity index is 1.71. The summed E-state index contributed by atoms with van der Waals surface area (Å²) in [6, 6.07) is 9.81. The fourth-order valence-electron chi connectivity index (χ4n) is 4.00. The standard InChI is InChI=1S/C23H26N4O8S/c1-15-20(22(28)29)21(16-5-3-6-17(13-16)27(31)32)26(23(30)25-15)12-4-11-24-14-36(33,34)19-9-7-18(35-2)8-10-19/h3,5-10,13,20-21,24H,4,11-12,14H2,1-2H3,(H,28,29). The number of benzene rings is 2. The number of methoxy groups -OCH3 is 1. The van der Waals surface area contributed by atoms with E-state index in [-0.39, 0.29) is 41.7 Å². The van der Waals surface area contributed by atoms with Crippen molar-refractivity contribution in [1.82, 2.24) is 10.2 Å². The number of amides is 2. The van der Waals surface area contributed by atoms with E-state index in [1.54, 1.807) is 12.1 Å². The van der Waals surface area contributed by atoms with Gasteiger partial charge in [0.1, 0.15) is 17.5 Å². The van der Waals surface area contributed by atoms with Gasteiger partial charge >= 0.3 is 12.0 Å². The van der Waals surface area contributed by atoms with Gasteiger partial charge in [-0.15, -0.1) is 0 Å². The Morgan fingerprint density at radius 2 is 1.94 bits per heavy atom. The summed E-state index contributed by atoms with van der Waals surface area (Å²) >= 11 is 0. The smallest absolute Gasteiger partial charge is 0.344 e. The molecule has 1 heterocycles. The molecule has 0 aromatic heterocycles.